The number of hydrogen-bond acceptors (Lipinski definition) is 3. The van der Waals surface area contributed by atoms with Crippen LogP contribution in [0.4, 0.5) is 0 Å². The fourth-order valence-electron chi connectivity index (χ4n) is 2.01. The van der Waals surface area contributed by atoms with E-state index >= 15 is 0 Å². The van der Waals surface area contributed by atoms with Crippen LogP contribution >= 0.6 is 0 Å². The molecule has 1 aliphatic rings. The highest BCUT2D eigenvalue weighted by Crippen LogP contribution is 1.99. The van der Waals surface area contributed by atoms with Gasteiger partial charge in [-0.1, -0.05) is 20.8 Å². The molecule has 3 nitrogen and oxygen atoms in total. The summed E-state index contributed by atoms with van der Waals surface area (Å²) in [7, 11) is 0. The quantitative estimate of drug-likeness (QED) is 0.657. The fourth-order valence-corrected chi connectivity index (χ4v) is 2.01. The van der Waals surface area contributed by atoms with Crippen LogP contribution in [0, 0.1) is 0 Å². The molecule has 3 atom stereocenters. The van der Waals surface area contributed by atoms with Gasteiger partial charge in [-0.2, -0.15) is 0 Å². The van der Waals surface area contributed by atoms with Crippen LogP contribution in [0.3, 0.4) is 0 Å². The summed E-state index contributed by atoms with van der Waals surface area (Å²) >= 11 is 0. The van der Waals surface area contributed by atoms with Crippen LogP contribution in [0.1, 0.15) is 40.0 Å². The second-order valence-corrected chi connectivity index (χ2v) is 4.54. The molecular formula is C12H27N3. The molecule has 3 N–H and O–H groups in total. The van der Waals surface area contributed by atoms with Gasteiger partial charge in [0, 0.05) is 37.8 Å². The molecule has 1 saturated heterocycles. The summed E-state index contributed by atoms with van der Waals surface area (Å²) in [5.41, 5.74) is 0. The molecular weight excluding hydrogens is 186 g/mol. The maximum absolute atomic E-state index is 3.63. The summed E-state index contributed by atoms with van der Waals surface area (Å²) in [6, 6.07) is 1.90. The summed E-state index contributed by atoms with van der Waals surface area (Å²) < 4.78 is 0. The lowest BCUT2D eigenvalue weighted by atomic mass is 10.2. The van der Waals surface area contributed by atoms with E-state index in [1.807, 2.05) is 0 Å². The third kappa shape index (κ3) is 4.49. The number of nitrogens with one attached hydrogen (secondary N) is 3. The van der Waals surface area contributed by atoms with Gasteiger partial charge in [0.15, 0.2) is 0 Å². The molecule has 0 amide bonds. The van der Waals surface area contributed by atoms with Crippen molar-refractivity contribution in [2.45, 2.75) is 58.2 Å². The molecule has 0 aliphatic carbocycles. The van der Waals surface area contributed by atoms with Crippen molar-refractivity contribution in [2.24, 2.45) is 0 Å². The minimum Gasteiger partial charge on any atom is -0.311 e. The van der Waals surface area contributed by atoms with Crippen LogP contribution < -0.4 is 16.0 Å². The van der Waals surface area contributed by atoms with E-state index < -0.39 is 0 Å². The molecule has 15 heavy (non-hydrogen) atoms. The van der Waals surface area contributed by atoms with Crippen molar-refractivity contribution in [3.63, 3.8) is 0 Å². The van der Waals surface area contributed by atoms with Crippen LogP contribution in [0.25, 0.3) is 0 Å². The molecule has 90 valence electrons. The van der Waals surface area contributed by atoms with Gasteiger partial charge in [0.05, 0.1) is 0 Å². The summed E-state index contributed by atoms with van der Waals surface area (Å²) in [6.45, 7) is 10.1. The summed E-state index contributed by atoms with van der Waals surface area (Å²) in [5.74, 6) is 0. The van der Waals surface area contributed by atoms with Gasteiger partial charge in [-0.05, 0) is 19.3 Å². The molecule has 1 rings (SSSR count). The lowest BCUT2D eigenvalue weighted by molar-refractivity contribution is 0.435. The molecule has 0 radical (unpaired) electrons. The number of rotatable bonds is 3. The Labute approximate surface area is 94.4 Å². The van der Waals surface area contributed by atoms with Gasteiger partial charge in [0.1, 0.15) is 0 Å². The van der Waals surface area contributed by atoms with Crippen molar-refractivity contribution in [3.05, 3.63) is 0 Å². The second-order valence-electron chi connectivity index (χ2n) is 4.54. The molecule has 0 saturated carbocycles. The van der Waals surface area contributed by atoms with Crippen molar-refractivity contribution in [1.29, 1.82) is 0 Å². The van der Waals surface area contributed by atoms with Gasteiger partial charge >= 0.3 is 0 Å². The maximum atomic E-state index is 3.63. The van der Waals surface area contributed by atoms with Crippen LogP contribution in [-0.2, 0) is 0 Å². The van der Waals surface area contributed by atoms with E-state index in [-0.39, 0.29) is 0 Å². The van der Waals surface area contributed by atoms with Crippen molar-refractivity contribution >= 4 is 0 Å². The second kappa shape index (κ2) is 7.20. The van der Waals surface area contributed by atoms with Crippen LogP contribution in [0.5, 0.6) is 0 Å². The molecule has 0 aromatic heterocycles. The Kier molecular flexibility index (Phi) is 6.22. The first-order chi connectivity index (χ1) is 7.30. The smallest absolute Gasteiger partial charge is 0.0190 e. The summed E-state index contributed by atoms with van der Waals surface area (Å²) in [6.07, 6.45) is 3.62. The normalized spacial score (nSPS) is 34.2. The maximum Gasteiger partial charge on any atom is 0.0190 e. The topological polar surface area (TPSA) is 36.1 Å². The zero-order chi connectivity index (χ0) is 11.1. The fraction of sp³-hybridized carbons (Fsp3) is 1.00. The lowest BCUT2D eigenvalue weighted by Crippen LogP contribution is -2.42. The van der Waals surface area contributed by atoms with Crippen molar-refractivity contribution < 1.29 is 0 Å². The molecule has 1 fully saturated rings. The van der Waals surface area contributed by atoms with Crippen LogP contribution in [0.2, 0.25) is 0 Å². The van der Waals surface area contributed by atoms with Gasteiger partial charge < -0.3 is 16.0 Å². The Morgan fingerprint density at radius 2 is 0.933 bits per heavy atom. The van der Waals surface area contributed by atoms with Gasteiger partial charge in [0.2, 0.25) is 0 Å². The Balaban J connectivity index is 2.47. The Morgan fingerprint density at radius 3 is 1.13 bits per heavy atom. The predicted octanol–water partition coefficient (Wildman–Crippen LogP) is 1.10. The molecule has 0 bridgehead atoms. The minimum atomic E-state index is 0.632. The van der Waals surface area contributed by atoms with E-state index in [0.717, 1.165) is 19.6 Å². The Hall–Kier alpha value is -0.120. The van der Waals surface area contributed by atoms with Crippen molar-refractivity contribution in [1.82, 2.24) is 16.0 Å². The zero-order valence-electron chi connectivity index (χ0n) is 10.5. The monoisotopic (exact) mass is 213 g/mol. The largest absolute Gasteiger partial charge is 0.311 e. The van der Waals surface area contributed by atoms with Crippen molar-refractivity contribution in [3.8, 4) is 0 Å². The molecule has 1 aliphatic heterocycles. The Morgan fingerprint density at radius 1 is 0.667 bits per heavy atom. The van der Waals surface area contributed by atoms with Gasteiger partial charge in [-0.3, -0.25) is 0 Å². The summed E-state index contributed by atoms with van der Waals surface area (Å²) in [5, 5.41) is 10.9. The molecule has 3 heteroatoms. The van der Waals surface area contributed by atoms with Gasteiger partial charge in [-0.15, -0.1) is 0 Å². The third-order valence-electron chi connectivity index (χ3n) is 3.44. The first kappa shape index (κ1) is 12.9. The van der Waals surface area contributed by atoms with E-state index in [1.54, 1.807) is 0 Å². The van der Waals surface area contributed by atoms with Crippen molar-refractivity contribution in [2.75, 3.05) is 19.6 Å². The van der Waals surface area contributed by atoms with Crippen LogP contribution in [-0.4, -0.2) is 37.8 Å². The van der Waals surface area contributed by atoms with Gasteiger partial charge in [-0.25, -0.2) is 0 Å². The average Bonchev–Trinajstić information content (AvgIpc) is 2.38. The first-order valence-corrected chi connectivity index (χ1v) is 6.50. The van der Waals surface area contributed by atoms with E-state index in [4.69, 9.17) is 0 Å². The lowest BCUT2D eigenvalue weighted by Gasteiger charge is -2.19. The highest BCUT2D eigenvalue weighted by molar-refractivity contribution is 4.81. The SMILES string of the molecule is CC[C@H]1CN[C@@H](CC)CN[C@@H](CC)CN1. The zero-order valence-corrected chi connectivity index (χ0v) is 10.5. The Bertz CT molecular complexity index is 120. The molecule has 0 aromatic rings. The van der Waals surface area contributed by atoms with E-state index in [2.05, 4.69) is 36.7 Å². The third-order valence-corrected chi connectivity index (χ3v) is 3.44. The first-order valence-electron chi connectivity index (χ1n) is 6.50. The van der Waals surface area contributed by atoms with E-state index in [1.165, 1.54) is 19.3 Å². The highest BCUT2D eigenvalue weighted by Gasteiger charge is 2.16. The molecule has 0 aromatic carbocycles. The standard InChI is InChI=1S/C12H27N3/c1-4-10-7-14-12(6-3)9-15-11(5-2)8-13-10/h10-15H,4-9H2,1-3H3/t10-,11-,12-/m0/s1. The van der Waals surface area contributed by atoms with E-state index in [0.29, 0.717) is 18.1 Å². The van der Waals surface area contributed by atoms with Gasteiger partial charge in [0.25, 0.3) is 0 Å². The number of hydrogen-bond donors (Lipinski definition) is 3. The molecule has 0 unspecified atom stereocenters. The minimum absolute atomic E-state index is 0.632. The summed E-state index contributed by atoms with van der Waals surface area (Å²) in [4.78, 5) is 0. The average molecular weight is 213 g/mol. The van der Waals surface area contributed by atoms with E-state index in [9.17, 15) is 0 Å². The molecule has 1 heterocycles. The molecule has 0 spiro atoms. The highest BCUT2D eigenvalue weighted by atomic mass is 15.1. The van der Waals surface area contributed by atoms with Crippen LogP contribution in [0.15, 0.2) is 0 Å². The predicted molar refractivity (Wildman–Crippen MR) is 66.2 cm³/mol.